The molecular formula is C20H21N3O3S. The van der Waals surface area contributed by atoms with Gasteiger partial charge in [0.1, 0.15) is 11.4 Å². The summed E-state index contributed by atoms with van der Waals surface area (Å²) in [6, 6.07) is 15.2. The van der Waals surface area contributed by atoms with Gasteiger partial charge in [0.25, 0.3) is 0 Å². The van der Waals surface area contributed by atoms with Gasteiger partial charge in [-0.3, -0.25) is 0 Å². The lowest BCUT2D eigenvalue weighted by Gasteiger charge is -2.08. The van der Waals surface area contributed by atoms with Gasteiger partial charge >= 0.3 is 5.97 Å². The molecule has 1 heterocycles. The molecule has 0 aliphatic carbocycles. The van der Waals surface area contributed by atoms with Crippen LogP contribution in [0, 0.1) is 0 Å². The predicted molar refractivity (Wildman–Crippen MR) is 106 cm³/mol. The summed E-state index contributed by atoms with van der Waals surface area (Å²) in [5.74, 6) is 1.16. The summed E-state index contributed by atoms with van der Waals surface area (Å²) in [6.07, 6.45) is 0.800. The maximum absolute atomic E-state index is 11.5. The molecule has 0 N–H and O–H groups in total. The maximum atomic E-state index is 11.5. The highest BCUT2D eigenvalue weighted by molar-refractivity contribution is 7.96. The van der Waals surface area contributed by atoms with Gasteiger partial charge in [-0.1, -0.05) is 36.4 Å². The Morgan fingerprint density at radius 1 is 1.11 bits per heavy atom. The van der Waals surface area contributed by atoms with E-state index in [9.17, 15) is 4.79 Å². The number of para-hydroxylation sites is 1. The fraction of sp³-hybridized carbons (Fsp3) is 0.250. The fourth-order valence-electron chi connectivity index (χ4n) is 2.73. The van der Waals surface area contributed by atoms with Crippen molar-refractivity contribution in [2.75, 3.05) is 14.2 Å². The van der Waals surface area contributed by atoms with Gasteiger partial charge in [0, 0.05) is 11.3 Å². The number of methoxy groups -OCH3 is 2. The van der Waals surface area contributed by atoms with E-state index in [1.54, 1.807) is 31.2 Å². The molecule has 0 unspecified atom stereocenters. The van der Waals surface area contributed by atoms with E-state index in [1.165, 1.54) is 7.11 Å². The average Bonchev–Trinajstić information content (AvgIpc) is 3.14. The summed E-state index contributed by atoms with van der Waals surface area (Å²) in [7, 11) is 3.03. The molecule has 140 valence electrons. The molecule has 27 heavy (non-hydrogen) atoms. The Labute approximate surface area is 162 Å². The van der Waals surface area contributed by atoms with Crippen LogP contribution in [-0.2, 0) is 16.9 Å². The van der Waals surface area contributed by atoms with Gasteiger partial charge in [0.05, 0.1) is 25.5 Å². The van der Waals surface area contributed by atoms with Crippen molar-refractivity contribution >= 4 is 17.9 Å². The standard InChI is InChI=1S/C20H21N3O3S/c1-4-17-19(16-7-5-6-8-18(16)25-2)21-22-23(17)27-13-14-9-11-15(12-10-14)20(24)26-3/h5-12H,4,13H2,1-3H3. The smallest absolute Gasteiger partial charge is 0.337 e. The van der Waals surface area contributed by atoms with Crippen molar-refractivity contribution in [3.63, 3.8) is 0 Å². The lowest BCUT2D eigenvalue weighted by atomic mass is 10.1. The van der Waals surface area contributed by atoms with Crippen LogP contribution in [0.3, 0.4) is 0 Å². The van der Waals surface area contributed by atoms with Crippen molar-refractivity contribution in [3.05, 3.63) is 65.4 Å². The SMILES string of the molecule is CCc1c(-c2ccccc2OC)nnn1SCc1ccc(C(=O)OC)cc1. The zero-order valence-corrected chi connectivity index (χ0v) is 16.3. The molecule has 3 aromatic rings. The number of hydrogen-bond donors (Lipinski definition) is 0. The largest absolute Gasteiger partial charge is 0.496 e. The van der Waals surface area contributed by atoms with Crippen LogP contribution in [0.5, 0.6) is 5.75 Å². The Hall–Kier alpha value is -2.80. The van der Waals surface area contributed by atoms with E-state index in [1.807, 2.05) is 40.5 Å². The topological polar surface area (TPSA) is 66.2 Å². The lowest BCUT2D eigenvalue weighted by Crippen LogP contribution is -2.01. The second kappa shape index (κ2) is 8.73. The van der Waals surface area contributed by atoms with E-state index in [2.05, 4.69) is 17.2 Å². The molecule has 0 aliphatic rings. The first-order valence-corrected chi connectivity index (χ1v) is 9.50. The number of esters is 1. The molecule has 2 aromatic carbocycles. The highest BCUT2D eigenvalue weighted by Gasteiger charge is 2.17. The number of hydrogen-bond acceptors (Lipinski definition) is 6. The molecule has 0 spiro atoms. The lowest BCUT2D eigenvalue weighted by molar-refractivity contribution is 0.0600. The maximum Gasteiger partial charge on any atom is 0.337 e. The number of carbonyl (C=O) groups is 1. The van der Waals surface area contributed by atoms with Gasteiger partial charge in [-0.05, 0) is 48.2 Å². The van der Waals surface area contributed by atoms with E-state index in [0.717, 1.165) is 34.7 Å². The molecule has 7 heteroatoms. The Bertz CT molecular complexity index is 922. The summed E-state index contributed by atoms with van der Waals surface area (Å²) < 4.78 is 12.0. The molecule has 0 saturated carbocycles. The van der Waals surface area contributed by atoms with E-state index in [0.29, 0.717) is 11.3 Å². The predicted octanol–water partition coefficient (Wildman–Crippen LogP) is 4.00. The molecule has 0 radical (unpaired) electrons. The Morgan fingerprint density at radius 3 is 2.52 bits per heavy atom. The number of rotatable bonds is 7. The number of ether oxygens (including phenoxy) is 2. The molecular weight excluding hydrogens is 362 g/mol. The second-order valence-corrected chi connectivity index (χ2v) is 6.67. The van der Waals surface area contributed by atoms with E-state index < -0.39 is 0 Å². The van der Waals surface area contributed by atoms with E-state index in [-0.39, 0.29) is 5.97 Å². The first-order valence-electron chi connectivity index (χ1n) is 8.56. The van der Waals surface area contributed by atoms with Gasteiger partial charge in [0.2, 0.25) is 0 Å². The van der Waals surface area contributed by atoms with Crippen LogP contribution in [-0.4, -0.2) is 34.6 Å². The minimum absolute atomic E-state index is 0.333. The van der Waals surface area contributed by atoms with E-state index >= 15 is 0 Å². The summed E-state index contributed by atoms with van der Waals surface area (Å²) in [6.45, 7) is 2.08. The highest BCUT2D eigenvalue weighted by Crippen LogP contribution is 2.32. The summed E-state index contributed by atoms with van der Waals surface area (Å²) >= 11 is 1.56. The van der Waals surface area contributed by atoms with Crippen LogP contribution in [0.15, 0.2) is 48.5 Å². The van der Waals surface area contributed by atoms with Crippen LogP contribution in [0.1, 0.15) is 28.5 Å². The normalized spacial score (nSPS) is 10.6. The first-order chi connectivity index (χ1) is 13.2. The molecule has 6 nitrogen and oxygen atoms in total. The fourth-order valence-corrected chi connectivity index (χ4v) is 3.66. The second-order valence-electron chi connectivity index (χ2n) is 5.77. The van der Waals surface area contributed by atoms with Gasteiger partial charge in [-0.25, -0.2) is 4.79 Å². The highest BCUT2D eigenvalue weighted by atomic mass is 32.2. The average molecular weight is 383 g/mol. The van der Waals surface area contributed by atoms with Crippen LogP contribution in [0.4, 0.5) is 0 Å². The number of benzene rings is 2. The number of nitrogens with zero attached hydrogens (tertiary/aromatic N) is 3. The Kier molecular flexibility index (Phi) is 6.13. The molecule has 0 amide bonds. The molecule has 0 atom stereocenters. The van der Waals surface area contributed by atoms with Crippen LogP contribution >= 0.6 is 11.9 Å². The van der Waals surface area contributed by atoms with Crippen LogP contribution in [0.25, 0.3) is 11.3 Å². The third-order valence-corrected chi connectivity index (χ3v) is 5.16. The van der Waals surface area contributed by atoms with Crippen molar-refractivity contribution in [2.45, 2.75) is 19.1 Å². The summed E-state index contributed by atoms with van der Waals surface area (Å²) in [5.41, 5.74) is 4.44. The monoisotopic (exact) mass is 383 g/mol. The van der Waals surface area contributed by atoms with Gasteiger partial charge in [-0.15, -0.1) is 5.10 Å². The quantitative estimate of drug-likeness (QED) is 0.575. The van der Waals surface area contributed by atoms with Crippen molar-refractivity contribution in [1.82, 2.24) is 14.4 Å². The minimum Gasteiger partial charge on any atom is -0.496 e. The third kappa shape index (κ3) is 4.14. The van der Waals surface area contributed by atoms with Crippen molar-refractivity contribution < 1.29 is 14.3 Å². The zero-order chi connectivity index (χ0) is 19.2. The first kappa shape index (κ1) is 19.0. The van der Waals surface area contributed by atoms with Gasteiger partial charge in [0.15, 0.2) is 0 Å². The molecule has 0 saturated heterocycles. The van der Waals surface area contributed by atoms with Crippen molar-refractivity contribution in [2.24, 2.45) is 0 Å². The molecule has 1 aromatic heterocycles. The van der Waals surface area contributed by atoms with Crippen molar-refractivity contribution in [3.8, 4) is 17.0 Å². The zero-order valence-electron chi connectivity index (χ0n) is 15.5. The number of carbonyl (C=O) groups excluding carboxylic acids is 1. The number of aromatic nitrogens is 3. The van der Waals surface area contributed by atoms with Crippen LogP contribution in [0.2, 0.25) is 0 Å². The minimum atomic E-state index is -0.333. The molecule has 3 rings (SSSR count). The third-order valence-electron chi connectivity index (χ3n) is 4.16. The van der Waals surface area contributed by atoms with Crippen LogP contribution < -0.4 is 4.74 Å². The Balaban J connectivity index is 1.78. The molecule has 0 aliphatic heterocycles. The van der Waals surface area contributed by atoms with Crippen molar-refractivity contribution in [1.29, 1.82) is 0 Å². The molecule has 0 bridgehead atoms. The Morgan fingerprint density at radius 2 is 1.85 bits per heavy atom. The van der Waals surface area contributed by atoms with Gasteiger partial charge < -0.3 is 9.47 Å². The summed E-state index contributed by atoms with van der Waals surface area (Å²) in [4.78, 5) is 11.5. The summed E-state index contributed by atoms with van der Waals surface area (Å²) in [5, 5.41) is 8.69. The van der Waals surface area contributed by atoms with Gasteiger partial charge in [-0.2, -0.15) is 4.09 Å². The van der Waals surface area contributed by atoms with E-state index in [4.69, 9.17) is 9.47 Å². The molecule has 0 fully saturated rings.